The first-order valence-electron chi connectivity index (χ1n) is 10.3. The fourth-order valence-electron chi connectivity index (χ4n) is 3.60. The minimum atomic E-state index is -0.671. The average molecular weight is 426 g/mol. The Kier molecular flexibility index (Phi) is 10.1. The third-order valence-corrected chi connectivity index (χ3v) is 6.29. The van der Waals surface area contributed by atoms with E-state index in [4.69, 9.17) is 10.5 Å². The third kappa shape index (κ3) is 8.94. The van der Waals surface area contributed by atoms with Crippen LogP contribution in [-0.4, -0.2) is 36.3 Å². The maximum atomic E-state index is 14.1. The minimum absolute atomic E-state index is 0.215. The molecule has 4 N–H and O–H groups in total. The van der Waals surface area contributed by atoms with E-state index in [0.717, 1.165) is 31.4 Å². The van der Waals surface area contributed by atoms with Gasteiger partial charge in [0.25, 0.3) is 0 Å². The number of carbonyl (C=O) groups excluding carboxylic acids is 2. The van der Waals surface area contributed by atoms with Crippen molar-refractivity contribution in [3.05, 3.63) is 35.6 Å². The van der Waals surface area contributed by atoms with Crippen LogP contribution in [0.5, 0.6) is 0 Å². The largest absolute Gasteiger partial charge is 0.449 e. The van der Waals surface area contributed by atoms with Crippen LogP contribution >= 0.6 is 11.8 Å². The van der Waals surface area contributed by atoms with Gasteiger partial charge in [-0.3, -0.25) is 0 Å². The van der Waals surface area contributed by atoms with Gasteiger partial charge in [0.2, 0.25) is 0 Å². The molecule has 1 saturated carbocycles. The third-order valence-electron chi connectivity index (χ3n) is 5.03. The topological polar surface area (TPSA) is 93.4 Å². The van der Waals surface area contributed by atoms with Crippen molar-refractivity contribution in [2.24, 2.45) is 11.7 Å². The summed E-state index contributed by atoms with van der Waals surface area (Å²) in [5.74, 6) is 1.35. The fraction of sp³-hybridized carbons (Fsp3) is 0.619. The molecule has 0 saturated heterocycles. The minimum Gasteiger partial charge on any atom is -0.449 e. The fourth-order valence-corrected chi connectivity index (χ4v) is 4.50. The lowest BCUT2D eigenvalue weighted by molar-refractivity contribution is 0.146. The van der Waals surface area contributed by atoms with Gasteiger partial charge < -0.3 is 21.1 Å². The van der Waals surface area contributed by atoms with Crippen LogP contribution in [0.1, 0.15) is 57.1 Å². The van der Waals surface area contributed by atoms with Gasteiger partial charge >= 0.3 is 12.1 Å². The van der Waals surface area contributed by atoms with Crippen LogP contribution in [0.25, 0.3) is 0 Å². The van der Waals surface area contributed by atoms with Gasteiger partial charge in [-0.1, -0.05) is 44.4 Å². The van der Waals surface area contributed by atoms with Crippen molar-refractivity contribution >= 4 is 23.9 Å². The molecule has 2 unspecified atom stereocenters. The lowest BCUT2D eigenvalue weighted by Crippen LogP contribution is -2.36. The zero-order chi connectivity index (χ0) is 21.1. The Labute approximate surface area is 176 Å². The average Bonchev–Trinajstić information content (AvgIpc) is 2.68. The number of nitrogens with one attached hydrogen (secondary N) is 2. The maximum absolute atomic E-state index is 14.1. The molecule has 2 rings (SSSR count). The molecule has 8 heteroatoms. The molecule has 3 amide bonds. The Balaban J connectivity index is 1.66. The second-order valence-corrected chi connectivity index (χ2v) is 8.76. The highest BCUT2D eigenvalue weighted by Gasteiger charge is 2.20. The second kappa shape index (κ2) is 12.6. The summed E-state index contributed by atoms with van der Waals surface area (Å²) in [6.45, 7) is 2.40. The number of hydrogen-bond acceptors (Lipinski definition) is 4. The van der Waals surface area contributed by atoms with E-state index >= 15 is 0 Å². The van der Waals surface area contributed by atoms with Gasteiger partial charge in [-0.05, 0) is 37.0 Å². The van der Waals surface area contributed by atoms with Crippen molar-refractivity contribution in [2.45, 2.75) is 57.5 Å². The molecule has 2 atom stereocenters. The van der Waals surface area contributed by atoms with Gasteiger partial charge in [-0.15, -0.1) is 0 Å². The van der Waals surface area contributed by atoms with Crippen LogP contribution in [0.15, 0.2) is 24.3 Å². The Bertz CT molecular complexity index is 656. The van der Waals surface area contributed by atoms with Crippen molar-refractivity contribution in [1.29, 1.82) is 0 Å². The number of primary amides is 1. The molecular formula is C21H32FN3O3S. The number of rotatable bonds is 10. The number of ether oxygens (including phenoxy) is 1. The molecule has 0 spiro atoms. The van der Waals surface area contributed by atoms with Gasteiger partial charge in [0, 0.05) is 17.4 Å². The molecule has 0 heterocycles. The second-order valence-electron chi connectivity index (χ2n) is 7.61. The molecule has 0 radical (unpaired) electrons. The quantitative estimate of drug-likeness (QED) is 0.486. The van der Waals surface area contributed by atoms with Crippen molar-refractivity contribution in [3.8, 4) is 0 Å². The van der Waals surface area contributed by atoms with E-state index < -0.39 is 12.1 Å². The van der Waals surface area contributed by atoms with Crippen LogP contribution in [-0.2, 0) is 4.74 Å². The highest BCUT2D eigenvalue weighted by Crippen LogP contribution is 2.25. The molecule has 1 aliphatic rings. The Morgan fingerprint density at radius 3 is 2.69 bits per heavy atom. The molecule has 0 aliphatic heterocycles. The van der Waals surface area contributed by atoms with Crippen LogP contribution in [0.2, 0.25) is 0 Å². The zero-order valence-electron chi connectivity index (χ0n) is 17.0. The molecule has 1 aromatic carbocycles. The number of amides is 3. The van der Waals surface area contributed by atoms with E-state index in [1.807, 2.05) is 6.92 Å². The predicted octanol–water partition coefficient (Wildman–Crippen LogP) is 4.35. The van der Waals surface area contributed by atoms with E-state index in [9.17, 15) is 14.0 Å². The van der Waals surface area contributed by atoms with Crippen LogP contribution in [0, 0.1) is 11.7 Å². The summed E-state index contributed by atoms with van der Waals surface area (Å²) >= 11 is 1.67. The summed E-state index contributed by atoms with van der Waals surface area (Å²) in [6.07, 6.45) is 5.87. The van der Waals surface area contributed by atoms with Gasteiger partial charge in [0.15, 0.2) is 0 Å². The number of benzene rings is 1. The molecule has 1 aromatic rings. The first-order valence-corrected chi connectivity index (χ1v) is 11.4. The van der Waals surface area contributed by atoms with Crippen molar-refractivity contribution in [3.63, 3.8) is 0 Å². The van der Waals surface area contributed by atoms with E-state index in [1.165, 1.54) is 12.5 Å². The summed E-state index contributed by atoms with van der Waals surface area (Å²) in [6, 6.07) is 5.50. The van der Waals surface area contributed by atoms with Gasteiger partial charge in [-0.2, -0.15) is 11.8 Å². The lowest BCUT2D eigenvalue weighted by Gasteiger charge is -2.23. The zero-order valence-corrected chi connectivity index (χ0v) is 17.8. The maximum Gasteiger partial charge on any atom is 0.407 e. The van der Waals surface area contributed by atoms with E-state index in [-0.39, 0.29) is 23.9 Å². The molecule has 0 aromatic heterocycles. The summed E-state index contributed by atoms with van der Waals surface area (Å²) < 4.78 is 19.3. The Morgan fingerprint density at radius 1 is 1.28 bits per heavy atom. The summed E-state index contributed by atoms with van der Waals surface area (Å²) in [5.41, 5.74) is 5.70. The van der Waals surface area contributed by atoms with Crippen molar-refractivity contribution in [2.75, 3.05) is 18.1 Å². The molecule has 29 heavy (non-hydrogen) atoms. The lowest BCUT2D eigenvalue weighted by atomic mass is 9.96. The van der Waals surface area contributed by atoms with E-state index in [2.05, 4.69) is 10.6 Å². The Hall–Kier alpha value is -1.96. The molecule has 1 aliphatic carbocycles. The number of nitrogens with two attached hydrogens (primary N) is 1. The number of urea groups is 1. The summed E-state index contributed by atoms with van der Waals surface area (Å²) in [5, 5.41) is 5.56. The number of halogens is 1. The SMILES string of the molecule is CC(CSCCOC(=O)NC1CCCCC1)CC(NC(N)=O)c1ccccc1F. The smallest absolute Gasteiger partial charge is 0.407 e. The van der Waals surface area contributed by atoms with Crippen molar-refractivity contribution in [1.82, 2.24) is 10.6 Å². The van der Waals surface area contributed by atoms with Crippen LogP contribution < -0.4 is 16.4 Å². The van der Waals surface area contributed by atoms with Crippen LogP contribution in [0.3, 0.4) is 0 Å². The van der Waals surface area contributed by atoms with Gasteiger partial charge in [0.1, 0.15) is 12.4 Å². The number of hydrogen-bond donors (Lipinski definition) is 3. The molecule has 162 valence electrons. The molecular weight excluding hydrogens is 393 g/mol. The standard InChI is InChI=1S/C21H32FN3O3S/c1-15(13-19(25-20(23)26)17-9-5-6-10-18(17)22)14-29-12-11-28-21(27)24-16-7-3-2-4-8-16/h5-6,9-10,15-16,19H,2-4,7-8,11-14H2,1H3,(H,24,27)(H3,23,25,26). The van der Waals surface area contributed by atoms with Crippen molar-refractivity contribution < 1.29 is 18.7 Å². The summed E-state index contributed by atoms with van der Waals surface area (Å²) in [7, 11) is 0. The number of alkyl carbamates (subject to hydrolysis) is 1. The van der Waals surface area contributed by atoms with E-state index in [1.54, 1.807) is 30.0 Å². The van der Waals surface area contributed by atoms with Gasteiger partial charge in [0.05, 0.1) is 6.04 Å². The van der Waals surface area contributed by atoms with Gasteiger partial charge in [-0.25, -0.2) is 14.0 Å². The Morgan fingerprint density at radius 2 is 2.00 bits per heavy atom. The highest BCUT2D eigenvalue weighted by molar-refractivity contribution is 7.99. The first-order chi connectivity index (χ1) is 14.0. The van der Waals surface area contributed by atoms with E-state index in [0.29, 0.717) is 24.3 Å². The monoisotopic (exact) mass is 425 g/mol. The molecule has 1 fully saturated rings. The number of thioether (sulfide) groups is 1. The highest BCUT2D eigenvalue weighted by atomic mass is 32.2. The summed E-state index contributed by atoms with van der Waals surface area (Å²) in [4.78, 5) is 23.1. The predicted molar refractivity (Wildman–Crippen MR) is 114 cm³/mol. The molecule has 6 nitrogen and oxygen atoms in total. The number of carbonyl (C=O) groups is 2. The molecule has 0 bridgehead atoms. The van der Waals surface area contributed by atoms with Crippen LogP contribution in [0.4, 0.5) is 14.0 Å². The normalized spacial score (nSPS) is 16.6. The first kappa shape index (κ1) is 23.3.